The molecule has 110 heavy (non-hydrogen) atoms. The van der Waals surface area contributed by atoms with Crippen molar-refractivity contribution in [1.29, 1.82) is 0 Å². The van der Waals surface area contributed by atoms with Crippen LogP contribution in [-0.2, 0) is 67.0 Å². The lowest BCUT2D eigenvalue weighted by molar-refractivity contribution is -0.215. The van der Waals surface area contributed by atoms with Gasteiger partial charge in [0.2, 0.25) is 70.9 Å². The predicted molar refractivity (Wildman–Crippen MR) is 394 cm³/mol. The first kappa shape index (κ1) is 89.6. The Hall–Kier alpha value is -7.56. The number of likely N-dealkylation sites (N-methyl/N-ethyl adjacent to an activating group) is 6. The first-order chi connectivity index (χ1) is 51.6. The third-order valence-corrected chi connectivity index (χ3v) is 24.5. The van der Waals surface area contributed by atoms with Gasteiger partial charge in [-0.3, -0.25) is 57.5 Å². The smallest absolute Gasteiger partial charge is 0.381 e. The van der Waals surface area contributed by atoms with Crippen LogP contribution in [0.3, 0.4) is 0 Å². The molecule has 3 unspecified atom stereocenters. The van der Waals surface area contributed by atoms with Crippen LogP contribution in [0.5, 0.6) is 0 Å². The minimum Gasteiger partial charge on any atom is -0.381 e. The van der Waals surface area contributed by atoms with E-state index in [0.29, 0.717) is 32.1 Å². The molecule has 26 nitrogen and oxygen atoms in total. The Morgan fingerprint density at radius 2 is 1.35 bits per heavy atom. The average Bonchev–Trinajstić information content (AvgIpc) is 0.966. The lowest BCUT2D eigenvalue weighted by Crippen LogP contribution is -2.71. The van der Waals surface area contributed by atoms with Crippen LogP contribution in [0.15, 0.2) is 12.2 Å². The molecule has 0 aromatic carbocycles. The first-order valence-electron chi connectivity index (χ1n) is 39.3. The molecule has 1 spiro atoms. The second-order valence-electron chi connectivity index (χ2n) is 33.0. The van der Waals surface area contributed by atoms with E-state index >= 15 is 33.6 Å². The van der Waals surface area contributed by atoms with Crippen molar-refractivity contribution in [3.8, 4) is 12.3 Å². The largest absolute Gasteiger partial charge is 0.394 e. The number of terminal acetylenes is 1. The summed E-state index contributed by atoms with van der Waals surface area (Å²) in [6, 6.07) is -11.2. The quantitative estimate of drug-likeness (QED) is 0.101. The molecule has 7 rings (SSSR count). The molecule has 2 bridgehead atoms. The summed E-state index contributed by atoms with van der Waals surface area (Å²) in [6.45, 7) is 8.37. The number of methoxy groups -OCH3 is 1. The average molecular weight is 1560 g/mol. The Kier molecular flexibility index (Phi) is 31.2. The lowest BCUT2D eigenvalue weighted by atomic mass is 9.58. The fourth-order valence-electron chi connectivity index (χ4n) is 18.1. The molecule has 618 valence electrons. The highest BCUT2D eigenvalue weighted by Crippen LogP contribution is 2.50. The van der Waals surface area contributed by atoms with E-state index < -0.39 is 216 Å². The molecule has 13 atom stereocenters. The molecule has 4 saturated carbocycles. The van der Waals surface area contributed by atoms with E-state index in [1.807, 2.05) is 13.8 Å². The van der Waals surface area contributed by atoms with Crippen molar-refractivity contribution in [3.63, 3.8) is 0 Å². The van der Waals surface area contributed by atoms with Crippen LogP contribution in [0.1, 0.15) is 183 Å². The summed E-state index contributed by atoms with van der Waals surface area (Å²) >= 11 is 0. The highest BCUT2D eigenvalue weighted by Gasteiger charge is 2.60. The number of halogens is 6. The summed E-state index contributed by atoms with van der Waals surface area (Å²) in [7, 11) is 10.8. The number of fused-ring (bicyclic) bond motifs is 3. The molecule has 7 aliphatic rings. The highest BCUT2D eigenvalue weighted by molar-refractivity contribution is 6.01. The van der Waals surface area contributed by atoms with E-state index in [0.717, 1.165) is 24.5 Å². The van der Waals surface area contributed by atoms with Crippen LogP contribution >= 0.6 is 0 Å². The maximum absolute atomic E-state index is 15.8. The van der Waals surface area contributed by atoms with E-state index in [1.165, 1.54) is 76.0 Å². The van der Waals surface area contributed by atoms with Crippen LogP contribution < -0.4 is 16.0 Å². The monoisotopic (exact) mass is 1560 g/mol. The van der Waals surface area contributed by atoms with E-state index in [1.54, 1.807) is 39.8 Å². The van der Waals surface area contributed by atoms with Crippen LogP contribution in [-0.4, -0.2) is 289 Å². The molecular formula is C78H120F6N12O14. The fraction of sp³-hybridized carbons (Fsp3) is 0.795. The molecule has 3 N–H and O–H groups in total. The van der Waals surface area contributed by atoms with Crippen LogP contribution in [0.25, 0.3) is 0 Å². The van der Waals surface area contributed by atoms with Gasteiger partial charge in [-0.25, -0.2) is 0 Å². The van der Waals surface area contributed by atoms with Crippen LogP contribution in [0, 0.1) is 53.3 Å². The Bertz CT molecular complexity index is 3370. The summed E-state index contributed by atoms with van der Waals surface area (Å²) in [5, 5.41) is 8.64. The molecule has 2 saturated heterocycles. The van der Waals surface area contributed by atoms with Gasteiger partial charge in [0.1, 0.15) is 60.4 Å². The summed E-state index contributed by atoms with van der Waals surface area (Å²) in [5.41, 5.74) is -2.28. The molecule has 6 fully saturated rings. The van der Waals surface area contributed by atoms with E-state index in [9.17, 15) is 50.3 Å². The van der Waals surface area contributed by atoms with Crippen LogP contribution in [0.4, 0.5) is 26.3 Å². The molecule has 4 aliphatic carbocycles. The molecular weight excluding hydrogens is 1440 g/mol. The number of nitrogens with zero attached hydrogens (tertiary/aromatic N) is 9. The zero-order valence-electron chi connectivity index (χ0n) is 66.8. The van der Waals surface area contributed by atoms with Crippen LogP contribution in [0.2, 0.25) is 0 Å². The Balaban J connectivity index is 1.35. The topological polar surface area (TPSA) is 289 Å². The lowest BCUT2D eigenvalue weighted by Gasteiger charge is -2.54. The fourth-order valence-corrected chi connectivity index (χ4v) is 18.1. The van der Waals surface area contributed by atoms with Crippen molar-refractivity contribution in [2.24, 2.45) is 40.9 Å². The van der Waals surface area contributed by atoms with E-state index in [4.69, 9.17) is 15.9 Å². The van der Waals surface area contributed by atoms with Gasteiger partial charge in [0.15, 0.2) is 0 Å². The maximum Gasteiger partial charge on any atom is 0.394 e. The van der Waals surface area contributed by atoms with Crippen molar-refractivity contribution in [2.75, 3.05) is 95.8 Å². The van der Waals surface area contributed by atoms with E-state index in [-0.39, 0.29) is 122 Å². The third-order valence-electron chi connectivity index (χ3n) is 24.5. The van der Waals surface area contributed by atoms with E-state index in [2.05, 4.69) is 21.9 Å². The SMILES string of the molecule is C#CCN1CC(=O)N(C)[C@H]2C/C=C\CCN(C2=O)[C@@H](CC2CCC(C(F)(F)F)CC2)C(=O)N(C)CC(=O)N[C@@H](CCC2CCC(C(F)(F)F)C(OC)C2)C(=O)N2C[C@H](OCC)C[C@H]2C(=O)NC2(CC(C)(C)C2)C(=O)N(C)[C@@H](C2CCCC2)C(=O)N(C)[C@H](C(=O)N(C)C)CC(=O)N(C)[C@@H](CC)C(=O)N[C@@H]([C@@H](C)CC)C1=O. The first-order valence-corrected chi connectivity index (χ1v) is 39.3. The van der Waals surface area contributed by atoms with Gasteiger partial charge >= 0.3 is 12.4 Å². The van der Waals surface area contributed by atoms with Gasteiger partial charge < -0.3 is 69.5 Å². The number of amides is 12. The zero-order chi connectivity index (χ0) is 81.8. The standard InChI is InChI=1S/C78H120F6N12O14/c1-16-36-94-44-63(99)91(12)56-27-21-20-24-37-95(71(56)105)59(38-48-28-32-51(33-29-48)77(79,80)81)70(104)89(10)43-61(97)85-54(35-31-49-30-34-53(78(82,83)84)60(39-49)109-15)68(102)96-42-52(110-19-4)40-57(96)67(101)87-76(45-75(6,7)46-76)74(108)93(14)65(50-25-22-23-26-50)73(107)92(13)58(69(103)88(8)9)41-62(98)90(11)55(18-3)66(100)86-64(72(94)106)47(5)17-2/h1,20-21,47-60,64-65H,17-19,22-46H2,2-15H3,(H,85,97)(H,86,100)(H,87,101)/b21-20-/t47-,48?,49?,51?,52+,53?,54-,55-,56-,57-,58-,59-,60?,64-,65-/m0/s1. The van der Waals surface area contributed by atoms with Crippen molar-refractivity contribution in [2.45, 2.75) is 261 Å². The molecule has 3 heterocycles. The number of hydrogen-bond acceptors (Lipinski definition) is 14. The molecule has 0 aromatic rings. The summed E-state index contributed by atoms with van der Waals surface area (Å²) in [5.74, 6) is -12.3. The van der Waals surface area contributed by atoms with Gasteiger partial charge in [-0.1, -0.05) is 72.0 Å². The minimum absolute atomic E-state index is 0.0174. The van der Waals surface area contributed by atoms with Crippen molar-refractivity contribution in [3.05, 3.63) is 12.2 Å². The Morgan fingerprint density at radius 1 is 0.700 bits per heavy atom. The molecule has 3 aliphatic heterocycles. The predicted octanol–water partition coefficient (Wildman–Crippen LogP) is 6.08. The summed E-state index contributed by atoms with van der Waals surface area (Å²) in [4.78, 5) is 193. The van der Waals surface area contributed by atoms with Gasteiger partial charge in [0.05, 0.1) is 43.6 Å². The molecule has 0 radical (unpaired) electrons. The minimum atomic E-state index is -4.57. The van der Waals surface area contributed by atoms with Gasteiger partial charge in [0.25, 0.3) is 0 Å². The maximum atomic E-state index is 15.8. The van der Waals surface area contributed by atoms with Crippen molar-refractivity contribution < 1.29 is 93.4 Å². The normalized spacial score (nSPS) is 31.3. The Labute approximate surface area is 644 Å². The molecule has 12 amide bonds. The van der Waals surface area contributed by atoms with Crippen molar-refractivity contribution in [1.82, 2.24) is 60.0 Å². The van der Waals surface area contributed by atoms with Gasteiger partial charge in [-0.15, -0.1) is 6.42 Å². The molecule has 0 aromatic heterocycles. The van der Waals surface area contributed by atoms with Crippen molar-refractivity contribution >= 4 is 70.9 Å². The number of rotatable bonds is 14. The summed E-state index contributed by atoms with van der Waals surface area (Å²) < 4.78 is 97.1. The number of ether oxygens (including phenoxy) is 2. The molecule has 32 heteroatoms. The second kappa shape index (κ2) is 38.3. The van der Waals surface area contributed by atoms with Gasteiger partial charge in [-0.2, -0.15) is 26.3 Å². The third kappa shape index (κ3) is 21.6. The number of alkyl halides is 6. The number of hydrogen-bond donors (Lipinski definition) is 3. The Morgan fingerprint density at radius 3 is 1.92 bits per heavy atom. The second-order valence-corrected chi connectivity index (χ2v) is 33.0. The van der Waals surface area contributed by atoms with Gasteiger partial charge in [0, 0.05) is 82.6 Å². The summed E-state index contributed by atoms with van der Waals surface area (Å²) in [6.07, 6.45) is -0.792. The number of carbonyl (C=O) groups excluding carboxylic acids is 12. The number of nitrogens with one attached hydrogen (secondary N) is 3. The highest BCUT2D eigenvalue weighted by atomic mass is 19.4. The number of carbonyl (C=O) groups is 12. The van der Waals surface area contributed by atoms with Gasteiger partial charge in [-0.05, 0) is 145 Å². The zero-order valence-corrected chi connectivity index (χ0v) is 66.8.